The number of para-hydroxylation sites is 1. The van der Waals surface area contributed by atoms with E-state index in [9.17, 15) is 0 Å². The Morgan fingerprint density at radius 3 is 2.38 bits per heavy atom. The lowest BCUT2D eigenvalue weighted by Gasteiger charge is -2.23. The van der Waals surface area contributed by atoms with Gasteiger partial charge < -0.3 is 5.32 Å². The number of hydrogen-bond acceptors (Lipinski definition) is 2. The zero-order valence-corrected chi connectivity index (χ0v) is 14.6. The molecule has 0 saturated heterocycles. The molecule has 3 heteroatoms. The van der Waals surface area contributed by atoms with E-state index < -0.39 is 0 Å². The Labute approximate surface area is 144 Å². The summed E-state index contributed by atoms with van der Waals surface area (Å²) < 4.78 is 1.92. The van der Waals surface area contributed by atoms with Crippen molar-refractivity contribution in [1.82, 2.24) is 15.1 Å². The highest BCUT2D eigenvalue weighted by molar-refractivity contribution is 5.42. The molecule has 3 rings (SSSR count). The third-order valence-corrected chi connectivity index (χ3v) is 4.54. The number of aromatic nitrogens is 2. The molecule has 0 saturated carbocycles. The van der Waals surface area contributed by atoms with Gasteiger partial charge in [0.15, 0.2) is 0 Å². The standard InChI is InChI=1S/C21H25N3/c1-4-18-10-12-19(13-11-18)16(2)23-17(3)20-8-5-6-9-21(20)24-15-7-14-22-24/h5-17,23H,4H2,1-3H3/t16-,17+/m0/s1. The molecule has 0 aliphatic carbocycles. The van der Waals surface area contributed by atoms with Crippen molar-refractivity contribution in [2.45, 2.75) is 39.3 Å². The van der Waals surface area contributed by atoms with Gasteiger partial charge in [-0.05, 0) is 49.1 Å². The van der Waals surface area contributed by atoms with Gasteiger partial charge in [0.2, 0.25) is 0 Å². The van der Waals surface area contributed by atoms with Crippen molar-refractivity contribution in [1.29, 1.82) is 0 Å². The van der Waals surface area contributed by atoms with Crippen LogP contribution in [0.2, 0.25) is 0 Å². The Morgan fingerprint density at radius 1 is 0.958 bits per heavy atom. The summed E-state index contributed by atoms with van der Waals surface area (Å²) in [7, 11) is 0. The summed E-state index contributed by atoms with van der Waals surface area (Å²) in [6.45, 7) is 6.61. The van der Waals surface area contributed by atoms with Gasteiger partial charge in [-0.1, -0.05) is 49.4 Å². The van der Waals surface area contributed by atoms with Gasteiger partial charge in [0, 0.05) is 24.5 Å². The predicted octanol–water partition coefficient (Wildman–Crippen LogP) is 4.85. The lowest BCUT2D eigenvalue weighted by Crippen LogP contribution is -2.23. The molecule has 2 atom stereocenters. The number of nitrogens with zero attached hydrogens (tertiary/aromatic N) is 2. The first-order valence-corrected chi connectivity index (χ1v) is 8.63. The number of benzene rings is 2. The topological polar surface area (TPSA) is 29.9 Å². The molecule has 0 radical (unpaired) electrons. The summed E-state index contributed by atoms with van der Waals surface area (Å²) in [6.07, 6.45) is 4.88. The minimum absolute atomic E-state index is 0.228. The molecule has 0 bridgehead atoms. The van der Waals surface area contributed by atoms with Crippen molar-refractivity contribution in [3.05, 3.63) is 83.7 Å². The molecule has 3 aromatic rings. The van der Waals surface area contributed by atoms with E-state index in [4.69, 9.17) is 0 Å². The SMILES string of the molecule is CCc1ccc([C@H](C)N[C@H](C)c2ccccc2-n2cccn2)cc1. The molecule has 0 spiro atoms. The first kappa shape index (κ1) is 16.5. The van der Waals surface area contributed by atoms with Crippen LogP contribution >= 0.6 is 0 Å². The fourth-order valence-electron chi connectivity index (χ4n) is 3.08. The molecule has 124 valence electrons. The lowest BCUT2D eigenvalue weighted by molar-refractivity contribution is 0.493. The first-order valence-electron chi connectivity index (χ1n) is 8.63. The normalized spacial score (nSPS) is 13.6. The van der Waals surface area contributed by atoms with Gasteiger partial charge in [-0.3, -0.25) is 0 Å². The van der Waals surface area contributed by atoms with Crippen molar-refractivity contribution < 1.29 is 0 Å². The zero-order chi connectivity index (χ0) is 16.9. The van der Waals surface area contributed by atoms with Gasteiger partial charge in [0.25, 0.3) is 0 Å². The van der Waals surface area contributed by atoms with Crippen LogP contribution in [0.5, 0.6) is 0 Å². The highest BCUT2D eigenvalue weighted by Crippen LogP contribution is 2.24. The van der Waals surface area contributed by atoms with Crippen LogP contribution in [-0.2, 0) is 6.42 Å². The zero-order valence-electron chi connectivity index (χ0n) is 14.6. The molecular weight excluding hydrogens is 294 g/mol. The van der Waals surface area contributed by atoms with Crippen molar-refractivity contribution in [2.24, 2.45) is 0 Å². The van der Waals surface area contributed by atoms with Crippen LogP contribution in [-0.4, -0.2) is 9.78 Å². The van der Waals surface area contributed by atoms with Gasteiger partial charge >= 0.3 is 0 Å². The largest absolute Gasteiger partial charge is 0.304 e. The minimum atomic E-state index is 0.228. The van der Waals surface area contributed by atoms with Crippen LogP contribution in [0.3, 0.4) is 0 Å². The molecule has 0 aliphatic heterocycles. The third-order valence-electron chi connectivity index (χ3n) is 4.54. The summed E-state index contributed by atoms with van der Waals surface area (Å²) in [6, 6.07) is 19.8. The van der Waals surface area contributed by atoms with Gasteiger partial charge in [-0.25, -0.2) is 4.68 Å². The summed E-state index contributed by atoms with van der Waals surface area (Å²) in [5, 5.41) is 8.09. The molecule has 0 aliphatic rings. The van der Waals surface area contributed by atoms with Gasteiger partial charge in [0.1, 0.15) is 0 Å². The maximum atomic E-state index is 4.37. The molecule has 1 N–H and O–H groups in total. The molecular formula is C21H25N3. The average molecular weight is 319 g/mol. The number of hydrogen-bond donors (Lipinski definition) is 1. The Hall–Kier alpha value is -2.39. The number of aryl methyl sites for hydroxylation is 1. The average Bonchev–Trinajstić information content (AvgIpc) is 3.16. The van der Waals surface area contributed by atoms with E-state index in [0.717, 1.165) is 12.1 Å². The van der Waals surface area contributed by atoms with Crippen molar-refractivity contribution in [3.63, 3.8) is 0 Å². The Balaban J connectivity index is 1.78. The summed E-state index contributed by atoms with van der Waals surface area (Å²) in [4.78, 5) is 0. The Bertz CT molecular complexity index is 760. The van der Waals surface area contributed by atoms with Crippen LogP contribution in [0.1, 0.15) is 49.5 Å². The van der Waals surface area contributed by atoms with E-state index in [1.54, 1.807) is 0 Å². The van der Waals surface area contributed by atoms with E-state index in [1.165, 1.54) is 16.7 Å². The second-order valence-corrected chi connectivity index (χ2v) is 6.21. The van der Waals surface area contributed by atoms with Crippen LogP contribution in [0.4, 0.5) is 0 Å². The van der Waals surface area contributed by atoms with Gasteiger partial charge in [-0.2, -0.15) is 5.10 Å². The fourth-order valence-corrected chi connectivity index (χ4v) is 3.08. The molecule has 3 nitrogen and oxygen atoms in total. The van der Waals surface area contributed by atoms with Crippen LogP contribution in [0.25, 0.3) is 5.69 Å². The molecule has 0 unspecified atom stereocenters. The second kappa shape index (κ2) is 7.45. The fraction of sp³-hybridized carbons (Fsp3) is 0.286. The predicted molar refractivity (Wildman–Crippen MR) is 99.3 cm³/mol. The maximum Gasteiger partial charge on any atom is 0.0693 e. The molecule has 24 heavy (non-hydrogen) atoms. The third kappa shape index (κ3) is 3.57. The minimum Gasteiger partial charge on any atom is -0.304 e. The van der Waals surface area contributed by atoms with Crippen molar-refractivity contribution in [3.8, 4) is 5.69 Å². The molecule has 2 aromatic carbocycles. The van der Waals surface area contributed by atoms with E-state index in [2.05, 4.69) is 79.7 Å². The summed E-state index contributed by atoms with van der Waals surface area (Å²) in [5.74, 6) is 0. The maximum absolute atomic E-state index is 4.37. The van der Waals surface area contributed by atoms with E-state index >= 15 is 0 Å². The van der Waals surface area contributed by atoms with Gasteiger partial charge in [0.05, 0.1) is 5.69 Å². The monoisotopic (exact) mass is 319 g/mol. The van der Waals surface area contributed by atoms with Crippen molar-refractivity contribution in [2.75, 3.05) is 0 Å². The molecule has 1 heterocycles. The number of nitrogens with one attached hydrogen (secondary N) is 1. The van der Waals surface area contributed by atoms with E-state index in [1.807, 2.05) is 23.1 Å². The van der Waals surface area contributed by atoms with Crippen LogP contribution in [0.15, 0.2) is 67.0 Å². The highest BCUT2D eigenvalue weighted by Gasteiger charge is 2.15. The molecule has 0 amide bonds. The number of rotatable bonds is 6. The van der Waals surface area contributed by atoms with Crippen LogP contribution in [0, 0.1) is 0 Å². The van der Waals surface area contributed by atoms with E-state index in [-0.39, 0.29) is 12.1 Å². The summed E-state index contributed by atoms with van der Waals surface area (Å²) >= 11 is 0. The Morgan fingerprint density at radius 2 is 1.71 bits per heavy atom. The second-order valence-electron chi connectivity index (χ2n) is 6.21. The quantitative estimate of drug-likeness (QED) is 0.704. The smallest absolute Gasteiger partial charge is 0.0693 e. The molecule has 0 fully saturated rings. The highest BCUT2D eigenvalue weighted by atomic mass is 15.3. The van der Waals surface area contributed by atoms with Crippen LogP contribution < -0.4 is 5.32 Å². The molecule has 1 aromatic heterocycles. The summed E-state index contributed by atoms with van der Waals surface area (Å²) in [5.41, 5.74) is 5.06. The van der Waals surface area contributed by atoms with Gasteiger partial charge in [-0.15, -0.1) is 0 Å². The van der Waals surface area contributed by atoms with Crippen molar-refractivity contribution >= 4 is 0 Å². The van der Waals surface area contributed by atoms with E-state index in [0.29, 0.717) is 0 Å². The first-order chi connectivity index (χ1) is 11.7. The lowest BCUT2D eigenvalue weighted by atomic mass is 10.0. The Kier molecular flexibility index (Phi) is 5.11.